The molecule has 0 unspecified atom stereocenters. The van der Waals surface area contributed by atoms with Crippen molar-refractivity contribution in [3.63, 3.8) is 0 Å². The Kier molecular flexibility index (Phi) is 4.93. The quantitative estimate of drug-likeness (QED) is 0.527. The maximum atomic E-state index is 12.5. The van der Waals surface area contributed by atoms with Gasteiger partial charge in [-0.2, -0.15) is 15.2 Å². The van der Waals surface area contributed by atoms with Gasteiger partial charge in [-0.1, -0.05) is 32.0 Å². The van der Waals surface area contributed by atoms with Crippen LogP contribution in [0.4, 0.5) is 5.95 Å². The van der Waals surface area contributed by atoms with Crippen LogP contribution in [-0.4, -0.2) is 29.5 Å². The van der Waals surface area contributed by atoms with E-state index in [1.165, 1.54) is 0 Å². The number of rotatable bonds is 5. The molecule has 0 radical (unpaired) electrons. The summed E-state index contributed by atoms with van der Waals surface area (Å²) >= 11 is 0. The van der Waals surface area contributed by atoms with Gasteiger partial charge in [0.2, 0.25) is 5.95 Å². The Hall–Kier alpha value is -3.42. The van der Waals surface area contributed by atoms with Crippen molar-refractivity contribution >= 4 is 17.0 Å². The Morgan fingerprint density at radius 1 is 1.17 bits per heavy atom. The topological polar surface area (TPSA) is 93.4 Å². The standard InChI is InChI=1S/C22H27N7O/c1-14(2)18-15(13-28(27-18)16-9-7-6-8-10-16)11-23-21-25-19-17(20(30)26-21)12-24-29(19)22(3,4)5/h6-10,12-14H,11H2,1-5H3,(H2,23,25,26,30). The number of hydrogen-bond donors (Lipinski definition) is 2. The van der Waals surface area contributed by atoms with Crippen LogP contribution < -0.4 is 10.9 Å². The van der Waals surface area contributed by atoms with Gasteiger partial charge in [0, 0.05) is 18.3 Å². The lowest BCUT2D eigenvalue weighted by Gasteiger charge is -2.19. The molecule has 0 aliphatic rings. The predicted octanol–water partition coefficient (Wildman–Crippen LogP) is 3.80. The first-order chi connectivity index (χ1) is 14.2. The normalized spacial score (nSPS) is 12.1. The van der Waals surface area contributed by atoms with Crippen molar-refractivity contribution in [3.8, 4) is 5.69 Å². The van der Waals surface area contributed by atoms with Gasteiger partial charge in [0.15, 0.2) is 5.65 Å². The second-order valence-electron chi connectivity index (χ2n) is 8.71. The maximum absolute atomic E-state index is 12.5. The van der Waals surface area contributed by atoms with Crippen molar-refractivity contribution < 1.29 is 0 Å². The highest BCUT2D eigenvalue weighted by atomic mass is 16.1. The third-order valence-electron chi connectivity index (χ3n) is 4.91. The molecular weight excluding hydrogens is 378 g/mol. The maximum Gasteiger partial charge on any atom is 0.263 e. The van der Waals surface area contributed by atoms with Crippen molar-refractivity contribution in [2.45, 2.75) is 52.6 Å². The fraction of sp³-hybridized carbons (Fsp3) is 0.364. The van der Waals surface area contributed by atoms with Crippen molar-refractivity contribution in [2.24, 2.45) is 0 Å². The molecule has 3 aromatic heterocycles. The Labute approximate surface area is 175 Å². The zero-order valence-corrected chi connectivity index (χ0v) is 18.0. The number of aromatic amines is 1. The van der Waals surface area contributed by atoms with Crippen molar-refractivity contribution in [1.29, 1.82) is 0 Å². The zero-order chi connectivity index (χ0) is 21.5. The summed E-state index contributed by atoms with van der Waals surface area (Å²) in [4.78, 5) is 19.9. The smallest absolute Gasteiger partial charge is 0.263 e. The lowest BCUT2D eigenvalue weighted by Crippen LogP contribution is -2.24. The summed E-state index contributed by atoms with van der Waals surface area (Å²) in [5, 5.41) is 12.9. The van der Waals surface area contributed by atoms with Crippen LogP contribution in [0.2, 0.25) is 0 Å². The molecule has 0 amide bonds. The second-order valence-corrected chi connectivity index (χ2v) is 8.71. The lowest BCUT2D eigenvalue weighted by atomic mass is 10.1. The molecule has 0 spiro atoms. The average Bonchev–Trinajstić information content (AvgIpc) is 3.31. The number of nitrogens with zero attached hydrogens (tertiary/aromatic N) is 5. The number of H-pyrrole nitrogens is 1. The van der Waals surface area contributed by atoms with Crippen LogP contribution in [0, 0.1) is 0 Å². The number of nitrogens with one attached hydrogen (secondary N) is 2. The largest absolute Gasteiger partial charge is 0.351 e. The molecule has 8 nitrogen and oxygen atoms in total. The molecule has 3 heterocycles. The zero-order valence-electron chi connectivity index (χ0n) is 18.0. The summed E-state index contributed by atoms with van der Waals surface area (Å²) in [6.07, 6.45) is 3.59. The van der Waals surface area contributed by atoms with Gasteiger partial charge in [-0.25, -0.2) is 9.36 Å². The number of benzene rings is 1. The molecule has 0 fully saturated rings. The van der Waals surface area contributed by atoms with Gasteiger partial charge < -0.3 is 5.32 Å². The van der Waals surface area contributed by atoms with Crippen LogP contribution in [0.3, 0.4) is 0 Å². The van der Waals surface area contributed by atoms with Crippen LogP contribution in [0.25, 0.3) is 16.7 Å². The summed E-state index contributed by atoms with van der Waals surface area (Å²) in [5.41, 5.74) is 3.16. The summed E-state index contributed by atoms with van der Waals surface area (Å²) in [7, 11) is 0. The summed E-state index contributed by atoms with van der Waals surface area (Å²) in [6.45, 7) is 10.8. The molecule has 0 bridgehead atoms. The lowest BCUT2D eigenvalue weighted by molar-refractivity contribution is 0.366. The van der Waals surface area contributed by atoms with Gasteiger partial charge in [0.05, 0.1) is 23.1 Å². The Bertz CT molecular complexity index is 1230. The molecule has 4 rings (SSSR count). The first kappa shape index (κ1) is 19.9. The Morgan fingerprint density at radius 2 is 1.90 bits per heavy atom. The highest BCUT2D eigenvalue weighted by Gasteiger charge is 2.20. The van der Waals surface area contributed by atoms with E-state index in [0.717, 1.165) is 16.9 Å². The molecule has 2 N–H and O–H groups in total. The third kappa shape index (κ3) is 3.72. The molecule has 0 saturated carbocycles. The number of aromatic nitrogens is 6. The van der Waals surface area contributed by atoms with Gasteiger partial charge in [-0.15, -0.1) is 0 Å². The SMILES string of the molecule is CC(C)c1nn(-c2ccccc2)cc1CNc1nc2c(cnn2C(C)(C)C)c(=O)[nH]1. The number of anilines is 1. The number of hydrogen-bond acceptors (Lipinski definition) is 5. The van der Waals surface area contributed by atoms with Crippen LogP contribution in [0.1, 0.15) is 51.8 Å². The van der Waals surface area contributed by atoms with Gasteiger partial charge in [-0.3, -0.25) is 9.78 Å². The summed E-state index contributed by atoms with van der Waals surface area (Å²) in [5.74, 6) is 0.684. The minimum Gasteiger partial charge on any atom is -0.351 e. The highest BCUT2D eigenvalue weighted by Crippen LogP contribution is 2.22. The average molecular weight is 406 g/mol. The van der Waals surface area contributed by atoms with Crippen LogP contribution in [0.5, 0.6) is 0 Å². The minimum absolute atomic E-state index is 0.206. The van der Waals surface area contributed by atoms with Gasteiger partial charge in [0.25, 0.3) is 5.56 Å². The van der Waals surface area contributed by atoms with E-state index in [1.54, 1.807) is 10.9 Å². The minimum atomic E-state index is -0.276. The van der Waals surface area contributed by atoms with Gasteiger partial charge >= 0.3 is 0 Å². The van der Waals surface area contributed by atoms with Crippen molar-refractivity contribution in [3.05, 3.63) is 64.3 Å². The molecule has 4 aromatic rings. The van der Waals surface area contributed by atoms with E-state index in [2.05, 4.69) is 34.2 Å². The Morgan fingerprint density at radius 3 is 2.57 bits per heavy atom. The van der Waals surface area contributed by atoms with E-state index in [0.29, 0.717) is 23.5 Å². The first-order valence-electron chi connectivity index (χ1n) is 10.1. The molecule has 0 aliphatic heterocycles. The molecule has 30 heavy (non-hydrogen) atoms. The van der Waals surface area contributed by atoms with Gasteiger partial charge in [0.1, 0.15) is 5.39 Å². The number of para-hydroxylation sites is 1. The van der Waals surface area contributed by atoms with E-state index >= 15 is 0 Å². The van der Waals surface area contributed by atoms with Crippen LogP contribution in [-0.2, 0) is 12.1 Å². The van der Waals surface area contributed by atoms with Gasteiger partial charge in [-0.05, 0) is 38.8 Å². The predicted molar refractivity (Wildman–Crippen MR) is 118 cm³/mol. The molecule has 0 atom stereocenters. The molecule has 0 aliphatic carbocycles. The van der Waals surface area contributed by atoms with Crippen LogP contribution in [0.15, 0.2) is 47.5 Å². The van der Waals surface area contributed by atoms with Crippen molar-refractivity contribution in [2.75, 3.05) is 5.32 Å². The molecule has 156 valence electrons. The highest BCUT2D eigenvalue weighted by molar-refractivity contribution is 5.74. The molecule has 0 saturated heterocycles. The molecular formula is C22H27N7O. The first-order valence-corrected chi connectivity index (χ1v) is 10.1. The van der Waals surface area contributed by atoms with Crippen molar-refractivity contribution in [1.82, 2.24) is 29.5 Å². The monoisotopic (exact) mass is 405 g/mol. The summed E-state index contributed by atoms with van der Waals surface area (Å²) in [6, 6.07) is 10.0. The van der Waals surface area contributed by atoms with E-state index in [4.69, 9.17) is 5.10 Å². The van der Waals surface area contributed by atoms with E-state index in [-0.39, 0.29) is 17.0 Å². The summed E-state index contributed by atoms with van der Waals surface area (Å²) < 4.78 is 3.66. The fourth-order valence-corrected chi connectivity index (χ4v) is 3.43. The molecule has 1 aromatic carbocycles. The second kappa shape index (κ2) is 7.44. The van der Waals surface area contributed by atoms with E-state index < -0.39 is 0 Å². The Balaban J connectivity index is 1.66. The molecule has 8 heteroatoms. The number of fused-ring (bicyclic) bond motifs is 1. The van der Waals surface area contributed by atoms with E-state index in [1.807, 2.05) is 62.0 Å². The fourth-order valence-electron chi connectivity index (χ4n) is 3.43. The van der Waals surface area contributed by atoms with E-state index in [9.17, 15) is 4.79 Å². The third-order valence-corrected chi connectivity index (χ3v) is 4.91. The van der Waals surface area contributed by atoms with Crippen LogP contribution >= 0.6 is 0 Å².